The quantitative estimate of drug-likeness (QED) is 0.893. The number of hydrogen-bond donors (Lipinski definition) is 1. The predicted molar refractivity (Wildman–Crippen MR) is 78.8 cm³/mol. The third-order valence-corrected chi connectivity index (χ3v) is 3.73. The van der Waals surface area contributed by atoms with Gasteiger partial charge in [0, 0.05) is 22.5 Å². The standard InChI is InChI=1S/C14H17ClN2OS/c1-9(2)16-7-11-4-5-12(6-13(11)15)19-14-17-10(3)8-18-14/h4-6,8-9,16H,7H2,1-3H3. The fourth-order valence-corrected chi connectivity index (χ4v) is 2.64. The summed E-state index contributed by atoms with van der Waals surface area (Å²) in [6.07, 6.45) is 1.64. The molecule has 0 spiro atoms. The second-order valence-corrected chi connectivity index (χ2v) is 6.08. The number of oxazole rings is 1. The largest absolute Gasteiger partial charge is 0.439 e. The molecule has 0 aliphatic carbocycles. The minimum Gasteiger partial charge on any atom is -0.439 e. The summed E-state index contributed by atoms with van der Waals surface area (Å²) in [7, 11) is 0. The first kappa shape index (κ1) is 14.4. The van der Waals surface area contributed by atoms with E-state index in [4.69, 9.17) is 16.0 Å². The van der Waals surface area contributed by atoms with Crippen LogP contribution in [0.25, 0.3) is 0 Å². The highest BCUT2D eigenvalue weighted by atomic mass is 35.5. The molecule has 1 N–H and O–H groups in total. The first-order chi connectivity index (χ1) is 9.04. The Hall–Kier alpha value is -0.970. The third kappa shape index (κ3) is 4.27. The maximum atomic E-state index is 6.28. The maximum Gasteiger partial charge on any atom is 0.260 e. The lowest BCUT2D eigenvalue weighted by atomic mass is 10.2. The predicted octanol–water partition coefficient (Wildman–Crippen LogP) is 4.29. The van der Waals surface area contributed by atoms with Gasteiger partial charge in [0.1, 0.15) is 6.26 Å². The summed E-state index contributed by atoms with van der Waals surface area (Å²) in [6.45, 7) is 6.91. The zero-order valence-electron chi connectivity index (χ0n) is 11.2. The molecule has 0 fully saturated rings. The smallest absolute Gasteiger partial charge is 0.260 e. The van der Waals surface area contributed by atoms with E-state index in [1.54, 1.807) is 6.26 Å². The van der Waals surface area contributed by atoms with Crippen molar-refractivity contribution in [3.63, 3.8) is 0 Å². The monoisotopic (exact) mass is 296 g/mol. The van der Waals surface area contributed by atoms with Crippen LogP contribution in [0.2, 0.25) is 5.02 Å². The van der Waals surface area contributed by atoms with Gasteiger partial charge in [0.15, 0.2) is 0 Å². The van der Waals surface area contributed by atoms with E-state index in [0.29, 0.717) is 11.3 Å². The first-order valence-electron chi connectivity index (χ1n) is 6.16. The Labute approximate surface area is 122 Å². The van der Waals surface area contributed by atoms with Crippen LogP contribution in [-0.4, -0.2) is 11.0 Å². The summed E-state index contributed by atoms with van der Waals surface area (Å²) in [5, 5.41) is 4.76. The summed E-state index contributed by atoms with van der Waals surface area (Å²) < 4.78 is 5.31. The van der Waals surface area contributed by atoms with E-state index >= 15 is 0 Å². The first-order valence-corrected chi connectivity index (χ1v) is 7.36. The van der Waals surface area contributed by atoms with Crippen LogP contribution in [-0.2, 0) is 6.54 Å². The maximum absolute atomic E-state index is 6.28. The number of rotatable bonds is 5. The molecule has 0 aliphatic rings. The zero-order chi connectivity index (χ0) is 13.8. The number of hydrogen-bond acceptors (Lipinski definition) is 4. The van der Waals surface area contributed by atoms with E-state index in [-0.39, 0.29) is 0 Å². The molecule has 0 atom stereocenters. The second-order valence-electron chi connectivity index (χ2n) is 4.65. The van der Waals surface area contributed by atoms with E-state index in [9.17, 15) is 0 Å². The lowest BCUT2D eigenvalue weighted by molar-refractivity contribution is 0.454. The number of halogens is 1. The number of aromatic nitrogens is 1. The molecule has 1 heterocycles. The molecule has 5 heteroatoms. The van der Waals surface area contributed by atoms with E-state index in [0.717, 1.165) is 27.7 Å². The Morgan fingerprint density at radius 2 is 2.21 bits per heavy atom. The molecule has 102 valence electrons. The number of nitrogens with one attached hydrogen (secondary N) is 1. The minimum absolute atomic E-state index is 0.445. The van der Waals surface area contributed by atoms with Crippen LogP contribution >= 0.6 is 23.4 Å². The Bertz CT molecular complexity index is 554. The minimum atomic E-state index is 0.445. The fraction of sp³-hybridized carbons (Fsp3) is 0.357. The summed E-state index contributed by atoms with van der Waals surface area (Å²) in [6, 6.07) is 6.47. The van der Waals surface area contributed by atoms with Gasteiger partial charge in [0.2, 0.25) is 0 Å². The average molecular weight is 297 g/mol. The summed E-state index contributed by atoms with van der Waals surface area (Å²) in [5.74, 6) is 0. The van der Waals surface area contributed by atoms with Crippen LogP contribution < -0.4 is 5.32 Å². The van der Waals surface area contributed by atoms with Crippen molar-refractivity contribution in [2.45, 2.75) is 43.5 Å². The highest BCUT2D eigenvalue weighted by Gasteiger charge is 2.07. The Morgan fingerprint density at radius 3 is 2.79 bits per heavy atom. The highest BCUT2D eigenvalue weighted by Crippen LogP contribution is 2.30. The van der Waals surface area contributed by atoms with Gasteiger partial charge in [-0.3, -0.25) is 0 Å². The molecule has 0 bridgehead atoms. The van der Waals surface area contributed by atoms with Crippen molar-refractivity contribution in [1.29, 1.82) is 0 Å². The molecule has 0 unspecified atom stereocenters. The lowest BCUT2D eigenvalue weighted by Crippen LogP contribution is -2.21. The molecule has 0 radical (unpaired) electrons. The normalized spacial score (nSPS) is 11.2. The van der Waals surface area contributed by atoms with Crippen molar-refractivity contribution >= 4 is 23.4 Å². The Balaban J connectivity index is 2.06. The number of aryl methyl sites for hydroxylation is 1. The highest BCUT2D eigenvalue weighted by molar-refractivity contribution is 7.99. The summed E-state index contributed by atoms with van der Waals surface area (Å²) in [5.41, 5.74) is 1.98. The van der Waals surface area contributed by atoms with Gasteiger partial charge in [-0.2, -0.15) is 0 Å². The van der Waals surface area contributed by atoms with Gasteiger partial charge in [-0.25, -0.2) is 4.98 Å². The van der Waals surface area contributed by atoms with E-state index in [2.05, 4.69) is 24.1 Å². The van der Waals surface area contributed by atoms with Crippen LogP contribution in [0.5, 0.6) is 0 Å². The topological polar surface area (TPSA) is 38.1 Å². The van der Waals surface area contributed by atoms with E-state index in [1.807, 2.05) is 25.1 Å². The molecule has 3 nitrogen and oxygen atoms in total. The molecule has 19 heavy (non-hydrogen) atoms. The molecule has 0 aliphatic heterocycles. The molecule has 0 amide bonds. The molecule has 0 saturated heterocycles. The van der Waals surface area contributed by atoms with Gasteiger partial charge in [0.25, 0.3) is 5.22 Å². The van der Waals surface area contributed by atoms with Crippen molar-refractivity contribution in [2.24, 2.45) is 0 Å². The van der Waals surface area contributed by atoms with Gasteiger partial charge in [-0.05, 0) is 36.4 Å². The fourth-order valence-electron chi connectivity index (χ4n) is 1.53. The molecule has 2 aromatic rings. The number of benzene rings is 1. The van der Waals surface area contributed by atoms with Gasteiger partial charge >= 0.3 is 0 Å². The van der Waals surface area contributed by atoms with Crippen LogP contribution in [0.1, 0.15) is 25.1 Å². The third-order valence-electron chi connectivity index (χ3n) is 2.53. The number of nitrogens with zero attached hydrogens (tertiary/aromatic N) is 1. The SMILES string of the molecule is Cc1coc(Sc2ccc(CNC(C)C)c(Cl)c2)n1. The van der Waals surface area contributed by atoms with Crippen LogP contribution in [0.4, 0.5) is 0 Å². The van der Waals surface area contributed by atoms with Gasteiger partial charge < -0.3 is 9.73 Å². The van der Waals surface area contributed by atoms with Gasteiger partial charge in [-0.1, -0.05) is 31.5 Å². The van der Waals surface area contributed by atoms with Crippen molar-refractivity contribution in [1.82, 2.24) is 10.3 Å². The van der Waals surface area contributed by atoms with Crippen LogP contribution in [0.3, 0.4) is 0 Å². The van der Waals surface area contributed by atoms with Crippen molar-refractivity contribution in [2.75, 3.05) is 0 Å². The molecule has 0 saturated carbocycles. The summed E-state index contributed by atoms with van der Waals surface area (Å²) in [4.78, 5) is 5.29. The molecular weight excluding hydrogens is 280 g/mol. The van der Waals surface area contributed by atoms with E-state index < -0.39 is 0 Å². The van der Waals surface area contributed by atoms with Crippen molar-refractivity contribution in [3.8, 4) is 0 Å². The second kappa shape index (κ2) is 6.46. The Morgan fingerprint density at radius 1 is 1.42 bits per heavy atom. The summed E-state index contributed by atoms with van der Waals surface area (Å²) >= 11 is 7.75. The molecule has 2 rings (SSSR count). The van der Waals surface area contributed by atoms with Gasteiger partial charge in [-0.15, -0.1) is 0 Å². The molecule has 1 aromatic carbocycles. The van der Waals surface area contributed by atoms with Crippen molar-refractivity contribution in [3.05, 3.63) is 40.7 Å². The van der Waals surface area contributed by atoms with Crippen LogP contribution in [0, 0.1) is 6.92 Å². The van der Waals surface area contributed by atoms with Crippen LogP contribution in [0.15, 0.2) is 39.0 Å². The molecule has 1 aromatic heterocycles. The van der Waals surface area contributed by atoms with Gasteiger partial charge in [0.05, 0.1) is 5.69 Å². The molecular formula is C14H17ClN2OS. The average Bonchev–Trinajstić information content (AvgIpc) is 2.73. The lowest BCUT2D eigenvalue weighted by Gasteiger charge is -2.10. The Kier molecular flexibility index (Phi) is 4.91. The van der Waals surface area contributed by atoms with Crippen molar-refractivity contribution < 1.29 is 4.42 Å². The van der Waals surface area contributed by atoms with E-state index in [1.165, 1.54) is 11.8 Å². The zero-order valence-corrected chi connectivity index (χ0v) is 12.8.